The van der Waals surface area contributed by atoms with Crippen LogP contribution >= 0.6 is 11.8 Å². The molecule has 176 valence electrons. The van der Waals surface area contributed by atoms with Crippen molar-refractivity contribution in [3.8, 4) is 0 Å². The maximum Gasteiger partial charge on any atom is 0.243 e. The van der Waals surface area contributed by atoms with Crippen LogP contribution in [0.25, 0.3) is 11.0 Å². The van der Waals surface area contributed by atoms with Gasteiger partial charge in [-0.3, -0.25) is 0 Å². The Balaban J connectivity index is 1.48. The second kappa shape index (κ2) is 9.43. The van der Waals surface area contributed by atoms with Crippen LogP contribution in [0.1, 0.15) is 62.6 Å². The summed E-state index contributed by atoms with van der Waals surface area (Å²) in [6.45, 7) is 5.45. The zero-order valence-corrected chi connectivity index (χ0v) is 21.2. The van der Waals surface area contributed by atoms with Gasteiger partial charge < -0.3 is 4.57 Å². The highest BCUT2D eigenvalue weighted by Gasteiger charge is 2.30. The van der Waals surface area contributed by atoms with E-state index in [2.05, 4.69) is 42.7 Å². The molecule has 1 atom stereocenters. The molecule has 5 nitrogen and oxygen atoms in total. The van der Waals surface area contributed by atoms with E-state index in [4.69, 9.17) is 4.98 Å². The van der Waals surface area contributed by atoms with E-state index in [9.17, 15) is 8.42 Å². The molecule has 0 bridgehead atoms. The van der Waals surface area contributed by atoms with Crippen molar-refractivity contribution in [1.29, 1.82) is 0 Å². The smallest absolute Gasteiger partial charge is 0.243 e. The SMILES string of the molecule is Cc1ccc(CSc2nc3cc(S(=O)(=O)N4CCC[C@@H](C)C4)ccc3n2C2CCCC2)cc1. The Morgan fingerprint density at radius 3 is 2.52 bits per heavy atom. The summed E-state index contributed by atoms with van der Waals surface area (Å²) in [6, 6.07) is 14.7. The van der Waals surface area contributed by atoms with Gasteiger partial charge in [0, 0.05) is 24.9 Å². The van der Waals surface area contributed by atoms with E-state index in [0.717, 1.165) is 47.6 Å². The number of fused-ring (bicyclic) bond motifs is 1. The minimum Gasteiger partial charge on any atom is -0.316 e. The topological polar surface area (TPSA) is 55.2 Å². The van der Waals surface area contributed by atoms with Gasteiger partial charge in [0.05, 0.1) is 15.9 Å². The zero-order chi connectivity index (χ0) is 23.0. The summed E-state index contributed by atoms with van der Waals surface area (Å²) in [7, 11) is -3.49. The van der Waals surface area contributed by atoms with Gasteiger partial charge >= 0.3 is 0 Å². The summed E-state index contributed by atoms with van der Waals surface area (Å²) >= 11 is 1.75. The molecule has 2 aromatic carbocycles. The molecule has 0 N–H and O–H groups in total. The van der Waals surface area contributed by atoms with Gasteiger partial charge in [-0.05, 0) is 62.3 Å². The molecule has 0 unspecified atom stereocenters. The predicted molar refractivity (Wildman–Crippen MR) is 135 cm³/mol. The van der Waals surface area contributed by atoms with Gasteiger partial charge in [0.1, 0.15) is 0 Å². The van der Waals surface area contributed by atoms with Gasteiger partial charge in [-0.25, -0.2) is 13.4 Å². The monoisotopic (exact) mass is 483 g/mol. The molecule has 3 aromatic rings. The van der Waals surface area contributed by atoms with E-state index in [0.29, 0.717) is 29.9 Å². The maximum atomic E-state index is 13.3. The number of piperidine rings is 1. The van der Waals surface area contributed by atoms with E-state index >= 15 is 0 Å². The molecular formula is C26H33N3O2S2. The Morgan fingerprint density at radius 1 is 1.03 bits per heavy atom. The van der Waals surface area contributed by atoms with Gasteiger partial charge in [-0.2, -0.15) is 4.31 Å². The highest BCUT2D eigenvalue weighted by Crippen LogP contribution is 2.38. The molecule has 2 aliphatic rings. The number of hydrogen-bond acceptors (Lipinski definition) is 4. The Labute approximate surface area is 201 Å². The Bertz CT molecular complexity index is 1230. The second-order valence-corrected chi connectivity index (χ2v) is 12.6. The number of hydrogen-bond donors (Lipinski definition) is 0. The predicted octanol–water partition coefficient (Wildman–Crippen LogP) is 6.17. The second-order valence-electron chi connectivity index (χ2n) is 9.74. The summed E-state index contributed by atoms with van der Waals surface area (Å²) in [4.78, 5) is 5.34. The highest BCUT2D eigenvalue weighted by atomic mass is 32.2. The molecule has 0 radical (unpaired) electrons. The average molecular weight is 484 g/mol. The van der Waals surface area contributed by atoms with E-state index in [1.165, 1.54) is 24.0 Å². The van der Waals surface area contributed by atoms with Crippen molar-refractivity contribution >= 4 is 32.8 Å². The number of sulfonamides is 1. The average Bonchev–Trinajstić information content (AvgIpc) is 3.45. The van der Waals surface area contributed by atoms with Crippen LogP contribution in [0.5, 0.6) is 0 Å². The Hall–Kier alpha value is -1.83. The van der Waals surface area contributed by atoms with Crippen LogP contribution in [-0.4, -0.2) is 35.4 Å². The highest BCUT2D eigenvalue weighted by molar-refractivity contribution is 7.98. The van der Waals surface area contributed by atoms with Crippen molar-refractivity contribution in [3.63, 3.8) is 0 Å². The lowest BCUT2D eigenvalue weighted by atomic mass is 10.0. The fraction of sp³-hybridized carbons (Fsp3) is 0.500. The molecule has 5 rings (SSSR count). The first-order valence-corrected chi connectivity index (χ1v) is 14.5. The van der Waals surface area contributed by atoms with Crippen LogP contribution in [0.3, 0.4) is 0 Å². The van der Waals surface area contributed by atoms with Crippen LogP contribution in [0.15, 0.2) is 52.5 Å². The van der Waals surface area contributed by atoms with Crippen LogP contribution in [-0.2, 0) is 15.8 Å². The normalized spacial score (nSPS) is 20.6. The quantitative estimate of drug-likeness (QED) is 0.393. The minimum absolute atomic E-state index is 0.371. The van der Waals surface area contributed by atoms with E-state index in [1.54, 1.807) is 28.2 Å². The number of thioether (sulfide) groups is 1. The first kappa shape index (κ1) is 22.9. The van der Waals surface area contributed by atoms with Gasteiger partial charge in [0.15, 0.2) is 5.16 Å². The van der Waals surface area contributed by atoms with Crippen molar-refractivity contribution in [2.24, 2.45) is 5.92 Å². The van der Waals surface area contributed by atoms with Crippen LogP contribution in [0, 0.1) is 12.8 Å². The molecule has 33 heavy (non-hydrogen) atoms. The molecule has 0 spiro atoms. The Morgan fingerprint density at radius 2 is 1.79 bits per heavy atom. The van der Waals surface area contributed by atoms with Crippen LogP contribution in [0.4, 0.5) is 0 Å². The molecule has 1 aliphatic carbocycles. The van der Waals surface area contributed by atoms with Crippen molar-refractivity contribution in [1.82, 2.24) is 13.9 Å². The summed E-state index contributed by atoms with van der Waals surface area (Å²) < 4.78 is 30.7. The molecular weight excluding hydrogens is 450 g/mol. The summed E-state index contributed by atoms with van der Waals surface area (Å²) in [5.74, 6) is 1.26. The third kappa shape index (κ3) is 4.73. The zero-order valence-electron chi connectivity index (χ0n) is 19.5. The third-order valence-electron chi connectivity index (χ3n) is 7.06. The van der Waals surface area contributed by atoms with Gasteiger partial charge in [0.25, 0.3) is 0 Å². The minimum atomic E-state index is -3.49. The first-order valence-electron chi connectivity index (χ1n) is 12.1. The van der Waals surface area contributed by atoms with E-state index < -0.39 is 10.0 Å². The van der Waals surface area contributed by atoms with Gasteiger partial charge in [-0.15, -0.1) is 0 Å². The molecule has 1 aromatic heterocycles. The number of aryl methyl sites for hydroxylation is 1. The summed E-state index contributed by atoms with van der Waals surface area (Å²) in [5.41, 5.74) is 4.38. The standard InChI is InChI=1S/C26H33N3O2S2/c1-19-9-11-21(12-10-19)18-32-26-27-24-16-23(33(30,31)28-15-5-6-20(2)17-28)13-14-25(24)29(26)22-7-3-4-8-22/h9-14,16,20,22H,3-8,15,17-18H2,1-2H3/t20-/m1/s1. The van der Waals surface area contributed by atoms with Crippen LogP contribution < -0.4 is 0 Å². The first-order chi connectivity index (χ1) is 15.9. The van der Waals surface area contributed by atoms with Gasteiger partial charge in [0.2, 0.25) is 10.0 Å². The molecule has 2 fully saturated rings. The van der Waals surface area contributed by atoms with Crippen molar-refractivity contribution in [2.45, 2.75) is 74.2 Å². The fourth-order valence-electron chi connectivity index (χ4n) is 5.18. The van der Waals surface area contributed by atoms with Crippen molar-refractivity contribution in [3.05, 3.63) is 53.6 Å². The van der Waals surface area contributed by atoms with E-state index in [1.807, 2.05) is 6.07 Å². The number of nitrogens with zero attached hydrogens (tertiary/aromatic N) is 3. The summed E-state index contributed by atoms with van der Waals surface area (Å²) in [5, 5.41) is 0.999. The van der Waals surface area contributed by atoms with Gasteiger partial charge in [-0.1, -0.05) is 61.4 Å². The lowest BCUT2D eigenvalue weighted by molar-refractivity contribution is 0.281. The van der Waals surface area contributed by atoms with Crippen LogP contribution in [0.2, 0.25) is 0 Å². The third-order valence-corrected chi connectivity index (χ3v) is 9.95. The molecule has 0 amide bonds. The number of aromatic nitrogens is 2. The molecule has 1 saturated carbocycles. The number of rotatable bonds is 6. The lowest BCUT2D eigenvalue weighted by Crippen LogP contribution is -2.39. The Kier molecular flexibility index (Phi) is 6.56. The molecule has 2 heterocycles. The largest absolute Gasteiger partial charge is 0.316 e. The molecule has 1 saturated heterocycles. The van der Waals surface area contributed by atoms with Crippen molar-refractivity contribution < 1.29 is 8.42 Å². The fourth-order valence-corrected chi connectivity index (χ4v) is 7.84. The van der Waals surface area contributed by atoms with Crippen molar-refractivity contribution in [2.75, 3.05) is 13.1 Å². The maximum absolute atomic E-state index is 13.3. The van der Waals surface area contributed by atoms with E-state index in [-0.39, 0.29) is 0 Å². The summed E-state index contributed by atoms with van der Waals surface area (Å²) in [6.07, 6.45) is 6.83. The lowest BCUT2D eigenvalue weighted by Gasteiger charge is -2.30. The molecule has 1 aliphatic heterocycles. The molecule has 7 heteroatoms. The number of benzene rings is 2. The number of imidazole rings is 1.